The second kappa shape index (κ2) is 10.9. The van der Waals surface area contributed by atoms with Crippen molar-refractivity contribution in [3.63, 3.8) is 0 Å². The van der Waals surface area contributed by atoms with Crippen LogP contribution < -0.4 is 14.8 Å². The molecule has 0 aliphatic carbocycles. The van der Waals surface area contributed by atoms with Crippen molar-refractivity contribution < 1.29 is 22.7 Å². The normalized spacial score (nSPS) is 14.9. The van der Waals surface area contributed by atoms with E-state index in [1.807, 2.05) is 30.3 Å². The fraction of sp³-hybridized carbons (Fsp3) is 0.458. The van der Waals surface area contributed by atoms with Gasteiger partial charge in [-0.2, -0.15) is 4.31 Å². The third-order valence-electron chi connectivity index (χ3n) is 5.88. The van der Waals surface area contributed by atoms with Gasteiger partial charge in [0, 0.05) is 38.8 Å². The fourth-order valence-electron chi connectivity index (χ4n) is 3.78. The first-order valence-electron chi connectivity index (χ1n) is 11.1. The number of rotatable bonds is 8. The van der Waals surface area contributed by atoms with E-state index in [0.717, 1.165) is 11.1 Å². The van der Waals surface area contributed by atoms with Crippen LogP contribution in [0.5, 0.6) is 11.5 Å². The Labute approximate surface area is 196 Å². The smallest absolute Gasteiger partial charge is 0.317 e. The predicted octanol–water partition coefficient (Wildman–Crippen LogP) is 3.09. The lowest BCUT2D eigenvalue weighted by Gasteiger charge is -2.34. The number of nitrogens with zero attached hydrogens (tertiary/aromatic N) is 2. The second-order valence-corrected chi connectivity index (χ2v) is 10.2. The van der Waals surface area contributed by atoms with Crippen LogP contribution in [0.4, 0.5) is 4.79 Å². The average Bonchev–Trinajstić information content (AvgIpc) is 2.84. The van der Waals surface area contributed by atoms with E-state index < -0.39 is 10.0 Å². The van der Waals surface area contributed by atoms with Gasteiger partial charge in [-0.25, -0.2) is 13.2 Å². The molecule has 0 spiro atoms. The van der Waals surface area contributed by atoms with Crippen LogP contribution in [0.1, 0.15) is 30.9 Å². The largest absolute Gasteiger partial charge is 0.497 e. The van der Waals surface area contributed by atoms with Crippen molar-refractivity contribution in [1.82, 2.24) is 14.5 Å². The van der Waals surface area contributed by atoms with Gasteiger partial charge in [0.25, 0.3) is 0 Å². The Bertz CT molecular complexity index is 1050. The Kier molecular flexibility index (Phi) is 8.20. The molecule has 0 saturated carbocycles. The van der Waals surface area contributed by atoms with Crippen molar-refractivity contribution in [2.24, 2.45) is 0 Å². The van der Waals surface area contributed by atoms with Crippen LogP contribution in [0.3, 0.4) is 0 Å². The zero-order valence-electron chi connectivity index (χ0n) is 19.7. The number of benzene rings is 2. The summed E-state index contributed by atoms with van der Waals surface area (Å²) in [4.78, 5) is 14.5. The summed E-state index contributed by atoms with van der Waals surface area (Å²) in [5.41, 5.74) is 2.07. The highest BCUT2D eigenvalue weighted by Crippen LogP contribution is 2.25. The number of urea groups is 1. The van der Waals surface area contributed by atoms with Gasteiger partial charge < -0.3 is 19.7 Å². The molecule has 1 fully saturated rings. The van der Waals surface area contributed by atoms with E-state index in [9.17, 15) is 13.2 Å². The number of ether oxygens (including phenoxy) is 2. The number of hydrogen-bond donors (Lipinski definition) is 1. The molecule has 1 heterocycles. The highest BCUT2D eigenvalue weighted by Gasteiger charge is 2.30. The first-order valence-corrected chi connectivity index (χ1v) is 12.5. The molecule has 180 valence electrons. The van der Waals surface area contributed by atoms with Crippen LogP contribution in [0.2, 0.25) is 0 Å². The Morgan fingerprint density at radius 3 is 2.24 bits per heavy atom. The van der Waals surface area contributed by atoms with Gasteiger partial charge in [-0.1, -0.05) is 32.0 Å². The van der Waals surface area contributed by atoms with Crippen molar-refractivity contribution in [3.8, 4) is 11.5 Å². The number of nitrogens with one attached hydrogen (secondary N) is 1. The lowest BCUT2D eigenvalue weighted by Crippen LogP contribution is -2.53. The average molecular weight is 476 g/mol. The van der Waals surface area contributed by atoms with Crippen molar-refractivity contribution in [3.05, 3.63) is 53.6 Å². The molecule has 1 saturated heterocycles. The number of carbonyl (C=O) groups is 1. The van der Waals surface area contributed by atoms with Crippen LogP contribution in [-0.2, 0) is 16.4 Å². The first-order chi connectivity index (χ1) is 15.8. The standard InChI is InChI=1S/C24H33N3O5S/c1-18(2)19-6-9-22(10-7-19)33(29,30)27-15-13-26(14-16-27)24(28)25-12-11-20-5-8-21(31-3)17-23(20)32-4/h5-10,17-18H,11-16H2,1-4H3,(H,25,28). The molecule has 1 aliphatic heterocycles. The fourth-order valence-corrected chi connectivity index (χ4v) is 5.20. The molecule has 9 heteroatoms. The van der Waals surface area contributed by atoms with Crippen LogP contribution in [0.15, 0.2) is 47.4 Å². The van der Waals surface area contributed by atoms with E-state index >= 15 is 0 Å². The highest BCUT2D eigenvalue weighted by molar-refractivity contribution is 7.89. The summed E-state index contributed by atoms with van der Waals surface area (Å²) >= 11 is 0. The maximum Gasteiger partial charge on any atom is 0.317 e. The molecular formula is C24H33N3O5S. The minimum atomic E-state index is -3.57. The maximum absolute atomic E-state index is 13.0. The molecule has 3 rings (SSSR count). The van der Waals surface area contributed by atoms with Crippen LogP contribution in [-0.4, -0.2) is 70.6 Å². The Morgan fingerprint density at radius 1 is 1.00 bits per heavy atom. The molecule has 1 aliphatic rings. The Hall–Kier alpha value is -2.78. The first kappa shape index (κ1) is 24.9. The van der Waals surface area contributed by atoms with Gasteiger partial charge in [0.2, 0.25) is 10.0 Å². The summed E-state index contributed by atoms with van der Waals surface area (Å²) in [5, 5.41) is 2.92. The van der Waals surface area contributed by atoms with Gasteiger partial charge in [-0.05, 0) is 41.7 Å². The lowest BCUT2D eigenvalue weighted by atomic mass is 10.0. The molecular weight excluding hydrogens is 442 g/mol. The van der Waals surface area contributed by atoms with E-state index in [0.29, 0.717) is 48.4 Å². The Balaban J connectivity index is 1.50. The highest BCUT2D eigenvalue weighted by atomic mass is 32.2. The van der Waals surface area contributed by atoms with Crippen LogP contribution in [0.25, 0.3) is 0 Å². The topological polar surface area (TPSA) is 88.2 Å². The molecule has 0 unspecified atom stereocenters. The lowest BCUT2D eigenvalue weighted by molar-refractivity contribution is 0.172. The number of carbonyl (C=O) groups excluding carboxylic acids is 1. The predicted molar refractivity (Wildman–Crippen MR) is 128 cm³/mol. The van der Waals surface area contributed by atoms with Crippen LogP contribution in [0, 0.1) is 0 Å². The number of methoxy groups -OCH3 is 2. The molecule has 2 aromatic rings. The third-order valence-corrected chi connectivity index (χ3v) is 7.79. The van der Waals surface area contributed by atoms with Gasteiger partial charge in [0.15, 0.2) is 0 Å². The minimum absolute atomic E-state index is 0.194. The van der Waals surface area contributed by atoms with E-state index in [2.05, 4.69) is 19.2 Å². The van der Waals surface area contributed by atoms with Gasteiger partial charge in [-0.3, -0.25) is 0 Å². The molecule has 0 bridgehead atoms. The summed E-state index contributed by atoms with van der Waals surface area (Å²) < 4.78 is 38.0. The van der Waals surface area contributed by atoms with Crippen LogP contribution >= 0.6 is 0 Å². The molecule has 0 radical (unpaired) electrons. The third kappa shape index (κ3) is 5.97. The molecule has 0 atom stereocenters. The monoisotopic (exact) mass is 475 g/mol. The SMILES string of the molecule is COc1ccc(CCNC(=O)N2CCN(S(=O)(=O)c3ccc(C(C)C)cc3)CC2)c(OC)c1. The summed E-state index contributed by atoms with van der Waals surface area (Å²) in [6.45, 7) is 5.83. The van der Waals surface area contributed by atoms with E-state index in [-0.39, 0.29) is 19.1 Å². The van der Waals surface area contributed by atoms with Gasteiger partial charge in [0.05, 0.1) is 19.1 Å². The van der Waals surface area contributed by atoms with E-state index in [4.69, 9.17) is 9.47 Å². The molecule has 33 heavy (non-hydrogen) atoms. The number of hydrogen-bond acceptors (Lipinski definition) is 5. The Morgan fingerprint density at radius 2 is 1.67 bits per heavy atom. The van der Waals surface area contributed by atoms with E-state index in [1.165, 1.54) is 4.31 Å². The summed E-state index contributed by atoms with van der Waals surface area (Å²) in [7, 11) is -0.370. The van der Waals surface area contributed by atoms with Gasteiger partial charge >= 0.3 is 6.03 Å². The van der Waals surface area contributed by atoms with Gasteiger partial charge in [-0.15, -0.1) is 0 Å². The summed E-state index contributed by atoms with van der Waals surface area (Å²) in [6, 6.07) is 12.4. The molecule has 0 aromatic heterocycles. The molecule has 8 nitrogen and oxygen atoms in total. The van der Waals surface area contributed by atoms with Gasteiger partial charge in [0.1, 0.15) is 11.5 Å². The minimum Gasteiger partial charge on any atom is -0.497 e. The maximum atomic E-state index is 13.0. The van der Waals surface area contributed by atoms with Crippen molar-refractivity contribution in [2.45, 2.75) is 31.1 Å². The molecule has 2 aromatic carbocycles. The quantitative estimate of drug-likeness (QED) is 0.634. The second-order valence-electron chi connectivity index (χ2n) is 8.27. The number of piperazine rings is 1. The molecule has 1 N–H and O–H groups in total. The zero-order chi connectivity index (χ0) is 24.0. The van der Waals surface area contributed by atoms with Crippen molar-refractivity contribution >= 4 is 16.1 Å². The van der Waals surface area contributed by atoms with Crippen molar-refractivity contribution in [1.29, 1.82) is 0 Å². The number of sulfonamides is 1. The summed E-state index contributed by atoms with van der Waals surface area (Å²) in [5.74, 6) is 1.77. The summed E-state index contributed by atoms with van der Waals surface area (Å²) in [6.07, 6.45) is 0.611. The van der Waals surface area contributed by atoms with E-state index in [1.54, 1.807) is 31.3 Å². The zero-order valence-corrected chi connectivity index (χ0v) is 20.5. The number of amides is 2. The molecule has 2 amide bonds. The van der Waals surface area contributed by atoms with Crippen molar-refractivity contribution in [2.75, 3.05) is 46.9 Å².